The molecule has 1 heterocycles. The average Bonchev–Trinajstić information content (AvgIpc) is 3.41. The van der Waals surface area contributed by atoms with Gasteiger partial charge in [-0.25, -0.2) is 0 Å². The highest BCUT2D eigenvalue weighted by Crippen LogP contribution is 2.35. The molecule has 21 heavy (non-hydrogen) atoms. The van der Waals surface area contributed by atoms with Gasteiger partial charge in [0.2, 0.25) is 0 Å². The lowest BCUT2D eigenvalue weighted by molar-refractivity contribution is 0.0202. The highest BCUT2D eigenvalue weighted by atomic mass is 16.5. The maximum atomic E-state index is 6.30. The molecule has 0 radical (unpaired) electrons. The Labute approximate surface area is 128 Å². The lowest BCUT2D eigenvalue weighted by atomic mass is 10.0. The quantitative estimate of drug-likeness (QED) is 0.760. The molecule has 4 rings (SSSR count). The zero-order valence-electron chi connectivity index (χ0n) is 12.9. The van der Waals surface area contributed by atoms with Crippen molar-refractivity contribution in [1.29, 1.82) is 0 Å². The third-order valence-corrected chi connectivity index (χ3v) is 5.32. The Kier molecular flexibility index (Phi) is 4.00. The fourth-order valence-corrected chi connectivity index (χ4v) is 3.60. The Bertz CT molecular complexity index is 452. The molecule has 1 aromatic rings. The summed E-state index contributed by atoms with van der Waals surface area (Å²) in [4.78, 5) is 2.72. The van der Waals surface area contributed by atoms with E-state index in [-0.39, 0.29) is 0 Å². The van der Waals surface area contributed by atoms with Crippen LogP contribution in [0.1, 0.15) is 37.7 Å². The fraction of sp³-hybridized carbons (Fsp3) is 0.684. The van der Waals surface area contributed by atoms with E-state index in [2.05, 4.69) is 35.2 Å². The maximum Gasteiger partial charge on any atom is 0.0745 e. The highest BCUT2D eigenvalue weighted by Gasteiger charge is 2.38. The fourth-order valence-electron chi connectivity index (χ4n) is 3.60. The topological polar surface area (TPSA) is 12.5 Å². The van der Waals surface area contributed by atoms with Gasteiger partial charge in [0.25, 0.3) is 0 Å². The van der Waals surface area contributed by atoms with Crippen LogP contribution in [0.2, 0.25) is 0 Å². The van der Waals surface area contributed by atoms with Gasteiger partial charge in [-0.1, -0.05) is 30.3 Å². The Balaban J connectivity index is 1.41. The molecular formula is C19H27NO. The molecule has 3 aliphatic rings. The van der Waals surface area contributed by atoms with Crippen molar-refractivity contribution in [2.45, 2.75) is 50.7 Å². The molecule has 0 unspecified atom stereocenters. The molecule has 0 spiro atoms. The van der Waals surface area contributed by atoms with Gasteiger partial charge in [-0.05, 0) is 55.9 Å². The Morgan fingerprint density at radius 1 is 0.952 bits per heavy atom. The van der Waals surface area contributed by atoms with Gasteiger partial charge in [0, 0.05) is 25.7 Å². The SMILES string of the molecule is c1ccc(C[C@H]2[C@H](OCC3CC3)CCN2CC2CC2)cc1. The van der Waals surface area contributed by atoms with Gasteiger partial charge in [0.15, 0.2) is 0 Å². The zero-order valence-corrected chi connectivity index (χ0v) is 12.9. The van der Waals surface area contributed by atoms with Gasteiger partial charge in [-0.15, -0.1) is 0 Å². The van der Waals surface area contributed by atoms with E-state index in [1.807, 2.05) is 0 Å². The van der Waals surface area contributed by atoms with Gasteiger partial charge < -0.3 is 4.74 Å². The molecule has 1 saturated heterocycles. The molecule has 114 valence electrons. The predicted octanol–water partition coefficient (Wildman–Crippen LogP) is 3.51. The predicted molar refractivity (Wildman–Crippen MR) is 85.3 cm³/mol. The van der Waals surface area contributed by atoms with E-state index in [1.54, 1.807) is 0 Å². The van der Waals surface area contributed by atoms with Crippen molar-refractivity contribution < 1.29 is 4.74 Å². The Hall–Kier alpha value is -0.860. The molecule has 0 amide bonds. The summed E-state index contributed by atoms with van der Waals surface area (Å²) in [7, 11) is 0. The molecule has 3 fully saturated rings. The Morgan fingerprint density at radius 3 is 2.43 bits per heavy atom. The monoisotopic (exact) mass is 285 g/mol. The van der Waals surface area contributed by atoms with Crippen molar-refractivity contribution in [2.24, 2.45) is 11.8 Å². The van der Waals surface area contributed by atoms with E-state index in [0.29, 0.717) is 12.1 Å². The first-order valence-electron chi connectivity index (χ1n) is 8.78. The van der Waals surface area contributed by atoms with E-state index in [9.17, 15) is 0 Å². The van der Waals surface area contributed by atoms with Crippen LogP contribution < -0.4 is 0 Å². The zero-order chi connectivity index (χ0) is 14.1. The van der Waals surface area contributed by atoms with E-state index in [4.69, 9.17) is 4.74 Å². The number of rotatable bonds is 7. The molecule has 1 aromatic carbocycles. The summed E-state index contributed by atoms with van der Waals surface area (Å²) < 4.78 is 6.30. The minimum absolute atomic E-state index is 0.463. The normalized spacial score (nSPS) is 29.9. The molecule has 2 atom stereocenters. The third kappa shape index (κ3) is 3.67. The van der Waals surface area contributed by atoms with Gasteiger partial charge in [0.05, 0.1) is 6.10 Å². The number of benzene rings is 1. The first-order valence-corrected chi connectivity index (χ1v) is 8.78. The van der Waals surface area contributed by atoms with Crippen LogP contribution in [0.5, 0.6) is 0 Å². The van der Waals surface area contributed by atoms with Crippen LogP contribution in [-0.2, 0) is 11.2 Å². The lowest BCUT2D eigenvalue weighted by Gasteiger charge is -2.28. The van der Waals surface area contributed by atoms with Gasteiger partial charge in [0.1, 0.15) is 0 Å². The number of ether oxygens (including phenoxy) is 1. The van der Waals surface area contributed by atoms with E-state index >= 15 is 0 Å². The second-order valence-corrected chi connectivity index (χ2v) is 7.30. The summed E-state index contributed by atoms with van der Waals surface area (Å²) in [5.74, 6) is 1.85. The van der Waals surface area contributed by atoms with E-state index in [1.165, 1.54) is 50.8 Å². The van der Waals surface area contributed by atoms with Gasteiger partial charge in [-0.3, -0.25) is 4.90 Å². The van der Waals surface area contributed by atoms with Gasteiger partial charge in [-0.2, -0.15) is 0 Å². The van der Waals surface area contributed by atoms with Crippen LogP contribution >= 0.6 is 0 Å². The van der Waals surface area contributed by atoms with E-state index in [0.717, 1.165) is 24.9 Å². The Morgan fingerprint density at radius 2 is 1.71 bits per heavy atom. The molecule has 2 heteroatoms. The minimum Gasteiger partial charge on any atom is -0.376 e. The average molecular weight is 285 g/mol. The van der Waals surface area contributed by atoms with Crippen LogP contribution in [0.4, 0.5) is 0 Å². The minimum atomic E-state index is 0.463. The standard InChI is InChI=1S/C19H27NO/c1-2-4-15(5-3-1)12-18-19(21-14-17-8-9-17)10-11-20(18)13-16-6-7-16/h1-5,16-19H,6-14H2/t18-,19+/m0/s1. The van der Waals surface area contributed by atoms with Crippen molar-refractivity contribution >= 4 is 0 Å². The summed E-state index contributed by atoms with van der Waals surface area (Å²) in [5.41, 5.74) is 1.46. The van der Waals surface area contributed by atoms with Crippen LogP contribution in [-0.4, -0.2) is 36.7 Å². The molecule has 0 aromatic heterocycles. The van der Waals surface area contributed by atoms with Crippen molar-refractivity contribution in [3.8, 4) is 0 Å². The molecule has 2 saturated carbocycles. The summed E-state index contributed by atoms with van der Waals surface area (Å²) in [5, 5.41) is 0. The molecule has 2 aliphatic carbocycles. The molecular weight excluding hydrogens is 258 g/mol. The second kappa shape index (κ2) is 6.10. The largest absolute Gasteiger partial charge is 0.376 e. The third-order valence-electron chi connectivity index (χ3n) is 5.32. The van der Waals surface area contributed by atoms with Crippen molar-refractivity contribution in [1.82, 2.24) is 4.90 Å². The van der Waals surface area contributed by atoms with Crippen molar-refractivity contribution in [2.75, 3.05) is 19.7 Å². The summed E-state index contributed by atoms with van der Waals surface area (Å²) >= 11 is 0. The lowest BCUT2D eigenvalue weighted by Crippen LogP contribution is -2.39. The van der Waals surface area contributed by atoms with Crippen LogP contribution in [0, 0.1) is 11.8 Å². The highest BCUT2D eigenvalue weighted by molar-refractivity contribution is 5.17. The molecule has 0 bridgehead atoms. The summed E-state index contributed by atoms with van der Waals surface area (Å²) in [6.07, 6.45) is 8.53. The van der Waals surface area contributed by atoms with Crippen LogP contribution in [0.15, 0.2) is 30.3 Å². The molecule has 1 aliphatic heterocycles. The maximum absolute atomic E-state index is 6.30. The molecule has 0 N–H and O–H groups in total. The van der Waals surface area contributed by atoms with Gasteiger partial charge >= 0.3 is 0 Å². The second-order valence-electron chi connectivity index (χ2n) is 7.30. The molecule has 2 nitrogen and oxygen atoms in total. The number of hydrogen-bond donors (Lipinski definition) is 0. The first-order chi connectivity index (χ1) is 10.4. The van der Waals surface area contributed by atoms with Crippen molar-refractivity contribution in [3.05, 3.63) is 35.9 Å². The van der Waals surface area contributed by atoms with Crippen LogP contribution in [0.25, 0.3) is 0 Å². The number of nitrogens with zero attached hydrogens (tertiary/aromatic N) is 1. The number of likely N-dealkylation sites (tertiary alicyclic amines) is 1. The van der Waals surface area contributed by atoms with Crippen LogP contribution in [0.3, 0.4) is 0 Å². The first kappa shape index (κ1) is 13.8. The smallest absolute Gasteiger partial charge is 0.0745 e. The van der Waals surface area contributed by atoms with E-state index < -0.39 is 0 Å². The van der Waals surface area contributed by atoms with Crippen molar-refractivity contribution in [3.63, 3.8) is 0 Å². The number of hydrogen-bond acceptors (Lipinski definition) is 2. The summed E-state index contributed by atoms with van der Waals surface area (Å²) in [6.45, 7) is 3.55. The summed E-state index contributed by atoms with van der Waals surface area (Å²) in [6, 6.07) is 11.6.